The summed E-state index contributed by atoms with van der Waals surface area (Å²) in [4.78, 5) is 13.1. The van der Waals surface area contributed by atoms with Gasteiger partial charge in [0.05, 0.1) is 5.56 Å². The van der Waals surface area contributed by atoms with Crippen LogP contribution >= 0.6 is 0 Å². The number of benzene rings is 2. The van der Waals surface area contributed by atoms with Crippen molar-refractivity contribution in [2.24, 2.45) is 0 Å². The Morgan fingerprint density at radius 3 is 2.05 bits per heavy atom. The predicted molar refractivity (Wildman–Crippen MR) is 90.1 cm³/mol. The fourth-order valence-corrected chi connectivity index (χ4v) is 2.28. The number of hydrogen-bond donors (Lipinski definition) is 1. The van der Waals surface area contributed by atoms with E-state index in [1.807, 2.05) is 30.3 Å². The van der Waals surface area contributed by atoms with Gasteiger partial charge in [0, 0.05) is 6.54 Å². The normalized spacial score (nSPS) is 11.7. The number of carbonyl (C=O) groups is 1. The quantitative estimate of drug-likeness (QED) is 0.882. The van der Waals surface area contributed by atoms with Crippen molar-refractivity contribution in [2.45, 2.75) is 6.42 Å². The van der Waals surface area contributed by atoms with E-state index in [4.69, 9.17) is 5.11 Å². The highest BCUT2D eigenvalue weighted by Crippen LogP contribution is 2.24. The first-order chi connectivity index (χ1) is 10.6. The van der Waals surface area contributed by atoms with Crippen LogP contribution in [0.1, 0.15) is 27.9 Å². The van der Waals surface area contributed by atoms with Gasteiger partial charge >= 0.3 is 5.97 Å². The monoisotopic (exact) mass is 295 g/mol. The van der Waals surface area contributed by atoms with Gasteiger partial charge in [0.1, 0.15) is 0 Å². The third kappa shape index (κ3) is 4.30. The van der Waals surface area contributed by atoms with Crippen LogP contribution in [0.3, 0.4) is 0 Å². The Labute approximate surface area is 131 Å². The second-order valence-electron chi connectivity index (χ2n) is 5.46. The number of carboxylic acids is 1. The Bertz CT molecular complexity index is 643. The van der Waals surface area contributed by atoms with Crippen molar-refractivity contribution in [3.8, 4) is 0 Å². The average molecular weight is 295 g/mol. The summed E-state index contributed by atoms with van der Waals surface area (Å²) >= 11 is 0. The molecule has 0 aliphatic rings. The van der Waals surface area contributed by atoms with Crippen LogP contribution < -0.4 is 0 Å². The second-order valence-corrected chi connectivity index (χ2v) is 5.46. The molecule has 1 N–H and O–H groups in total. The molecular formula is C19H21NO2. The number of carboxylic acid groups (broad SMARTS) is 1. The Balaban J connectivity index is 2.33. The van der Waals surface area contributed by atoms with Crippen LogP contribution in [-0.4, -0.2) is 36.6 Å². The fraction of sp³-hybridized carbons (Fsp3) is 0.211. The van der Waals surface area contributed by atoms with Crippen molar-refractivity contribution in [3.05, 3.63) is 77.4 Å². The number of rotatable bonds is 6. The first kappa shape index (κ1) is 16.0. The lowest BCUT2D eigenvalue weighted by Gasteiger charge is -2.11. The average Bonchev–Trinajstić information content (AvgIpc) is 2.52. The molecule has 3 nitrogen and oxygen atoms in total. The van der Waals surface area contributed by atoms with Crippen molar-refractivity contribution in [1.29, 1.82) is 0 Å². The molecule has 0 heterocycles. The molecule has 0 atom stereocenters. The lowest BCUT2D eigenvalue weighted by atomic mass is 9.96. The first-order valence-electron chi connectivity index (χ1n) is 7.32. The van der Waals surface area contributed by atoms with Crippen molar-refractivity contribution >= 4 is 11.5 Å². The van der Waals surface area contributed by atoms with Crippen LogP contribution in [0.15, 0.2) is 60.7 Å². The maximum atomic E-state index is 11.0. The van der Waals surface area contributed by atoms with Gasteiger partial charge in [-0.15, -0.1) is 0 Å². The van der Waals surface area contributed by atoms with Crippen LogP contribution in [0.4, 0.5) is 0 Å². The summed E-state index contributed by atoms with van der Waals surface area (Å²) in [6.07, 6.45) is 3.16. The molecule has 22 heavy (non-hydrogen) atoms. The van der Waals surface area contributed by atoms with Crippen molar-refractivity contribution in [1.82, 2.24) is 4.90 Å². The Kier molecular flexibility index (Phi) is 5.50. The van der Waals surface area contributed by atoms with Gasteiger partial charge in [-0.05, 0) is 49.3 Å². The lowest BCUT2D eigenvalue weighted by Crippen LogP contribution is -2.12. The maximum Gasteiger partial charge on any atom is 0.335 e. The molecule has 0 aliphatic carbocycles. The lowest BCUT2D eigenvalue weighted by molar-refractivity contribution is 0.0697. The van der Waals surface area contributed by atoms with Gasteiger partial charge < -0.3 is 10.0 Å². The third-order valence-electron chi connectivity index (χ3n) is 3.45. The number of nitrogens with zero attached hydrogens (tertiary/aromatic N) is 1. The minimum atomic E-state index is -0.899. The third-order valence-corrected chi connectivity index (χ3v) is 3.45. The summed E-state index contributed by atoms with van der Waals surface area (Å²) in [5.74, 6) is -0.899. The van der Waals surface area contributed by atoms with Gasteiger partial charge in [0.15, 0.2) is 0 Å². The van der Waals surface area contributed by atoms with E-state index in [-0.39, 0.29) is 0 Å². The molecule has 0 bridgehead atoms. The maximum absolute atomic E-state index is 11.0. The second kappa shape index (κ2) is 7.57. The van der Waals surface area contributed by atoms with Crippen molar-refractivity contribution in [3.63, 3.8) is 0 Å². The minimum Gasteiger partial charge on any atom is -0.478 e. The van der Waals surface area contributed by atoms with E-state index in [1.165, 1.54) is 0 Å². The fourth-order valence-electron chi connectivity index (χ4n) is 2.28. The van der Waals surface area contributed by atoms with Crippen LogP contribution in [0.2, 0.25) is 0 Å². The molecule has 0 saturated heterocycles. The van der Waals surface area contributed by atoms with Gasteiger partial charge in [0.25, 0.3) is 0 Å². The molecule has 3 heteroatoms. The molecule has 0 aromatic heterocycles. The smallest absolute Gasteiger partial charge is 0.335 e. The van der Waals surface area contributed by atoms with E-state index < -0.39 is 5.97 Å². The van der Waals surface area contributed by atoms with Crippen molar-refractivity contribution in [2.75, 3.05) is 20.6 Å². The van der Waals surface area contributed by atoms with Gasteiger partial charge in [-0.3, -0.25) is 0 Å². The number of hydrogen-bond acceptors (Lipinski definition) is 2. The topological polar surface area (TPSA) is 40.5 Å². The molecule has 0 spiro atoms. The van der Waals surface area contributed by atoms with Crippen LogP contribution in [0, 0.1) is 0 Å². The van der Waals surface area contributed by atoms with E-state index in [1.54, 1.807) is 12.1 Å². The summed E-state index contributed by atoms with van der Waals surface area (Å²) in [6, 6.07) is 17.2. The summed E-state index contributed by atoms with van der Waals surface area (Å²) in [7, 11) is 4.11. The summed E-state index contributed by atoms with van der Waals surface area (Å²) < 4.78 is 0. The molecule has 114 valence electrons. The number of aromatic carboxylic acids is 1. The predicted octanol–water partition coefficient (Wildman–Crippen LogP) is 3.77. The molecule has 0 unspecified atom stereocenters. The van der Waals surface area contributed by atoms with Crippen LogP contribution in [0.25, 0.3) is 5.57 Å². The minimum absolute atomic E-state index is 0.310. The summed E-state index contributed by atoms with van der Waals surface area (Å²) in [5, 5.41) is 9.01. The highest BCUT2D eigenvalue weighted by molar-refractivity contribution is 5.89. The Morgan fingerprint density at radius 1 is 0.955 bits per heavy atom. The molecule has 2 aromatic rings. The molecule has 2 rings (SSSR count). The van der Waals surface area contributed by atoms with Crippen LogP contribution in [-0.2, 0) is 0 Å². The molecule has 2 aromatic carbocycles. The Morgan fingerprint density at radius 2 is 1.50 bits per heavy atom. The zero-order valence-corrected chi connectivity index (χ0v) is 13.0. The van der Waals surface area contributed by atoms with Gasteiger partial charge in [0.2, 0.25) is 0 Å². The zero-order valence-electron chi connectivity index (χ0n) is 13.0. The summed E-state index contributed by atoms with van der Waals surface area (Å²) in [5.41, 5.74) is 3.63. The molecular weight excluding hydrogens is 274 g/mol. The van der Waals surface area contributed by atoms with E-state index in [0.717, 1.165) is 29.7 Å². The van der Waals surface area contributed by atoms with E-state index in [9.17, 15) is 4.79 Å². The molecule has 0 saturated carbocycles. The van der Waals surface area contributed by atoms with Gasteiger partial charge in [-0.25, -0.2) is 4.79 Å². The van der Waals surface area contributed by atoms with Crippen molar-refractivity contribution < 1.29 is 9.90 Å². The standard InChI is InChI=1S/C19H21NO2/c1-20(2)14-6-9-18(15-7-4-3-5-8-15)16-10-12-17(13-11-16)19(21)22/h3-5,7-13H,6,14H2,1-2H3,(H,21,22)/b18-9+. The molecule has 0 amide bonds. The van der Waals surface area contributed by atoms with Gasteiger partial charge in [-0.1, -0.05) is 48.5 Å². The molecule has 0 fully saturated rings. The van der Waals surface area contributed by atoms with E-state index in [2.05, 4.69) is 37.2 Å². The highest BCUT2D eigenvalue weighted by Gasteiger charge is 2.07. The molecule has 0 aliphatic heterocycles. The van der Waals surface area contributed by atoms with E-state index in [0.29, 0.717) is 5.56 Å². The van der Waals surface area contributed by atoms with Crippen LogP contribution in [0.5, 0.6) is 0 Å². The molecule has 0 radical (unpaired) electrons. The van der Waals surface area contributed by atoms with Gasteiger partial charge in [-0.2, -0.15) is 0 Å². The highest BCUT2D eigenvalue weighted by atomic mass is 16.4. The Hall–Kier alpha value is -2.39. The first-order valence-corrected chi connectivity index (χ1v) is 7.32. The summed E-state index contributed by atoms with van der Waals surface area (Å²) in [6.45, 7) is 0.976. The zero-order chi connectivity index (χ0) is 15.9. The largest absolute Gasteiger partial charge is 0.478 e. The SMILES string of the molecule is CN(C)CC/C=C(\c1ccccc1)c1ccc(C(=O)O)cc1. The van der Waals surface area contributed by atoms with E-state index >= 15 is 0 Å².